The van der Waals surface area contributed by atoms with Crippen molar-refractivity contribution in [2.24, 2.45) is 5.92 Å². The third kappa shape index (κ3) is 3.57. The van der Waals surface area contributed by atoms with Crippen LogP contribution in [0, 0.1) is 26.7 Å². The van der Waals surface area contributed by atoms with Gasteiger partial charge in [-0.3, -0.25) is 0 Å². The van der Waals surface area contributed by atoms with Crippen molar-refractivity contribution in [3.05, 3.63) is 52.4 Å². The van der Waals surface area contributed by atoms with Gasteiger partial charge in [0.25, 0.3) is 0 Å². The molecule has 1 aromatic heterocycles. The summed E-state index contributed by atoms with van der Waals surface area (Å²) in [5.41, 5.74) is 4.94. The van der Waals surface area contributed by atoms with Crippen LogP contribution in [0.5, 0.6) is 0 Å². The Morgan fingerprint density at radius 3 is 2.73 bits per heavy atom. The Balaban J connectivity index is 1.57. The molecule has 1 aliphatic heterocycles. The molecule has 4 nitrogen and oxygen atoms in total. The quantitative estimate of drug-likeness (QED) is 0.922. The van der Waals surface area contributed by atoms with Gasteiger partial charge in [-0.2, -0.15) is 0 Å². The average Bonchev–Trinajstić information content (AvgIpc) is 3.10. The molecule has 4 heteroatoms. The Morgan fingerprint density at radius 1 is 1.14 bits per heavy atom. The predicted octanol–water partition coefficient (Wildman–Crippen LogP) is 2.95. The maximum Gasteiger partial charge on any atom is 0.137 e. The molecule has 1 aromatic carbocycles. The number of hydrogen-bond donors (Lipinski definition) is 1. The number of hydrogen-bond acceptors (Lipinski definition) is 4. The van der Waals surface area contributed by atoms with Crippen molar-refractivity contribution in [3.8, 4) is 0 Å². The summed E-state index contributed by atoms with van der Waals surface area (Å²) in [4.78, 5) is 0. The lowest BCUT2D eigenvalue weighted by molar-refractivity contribution is 0.181. The minimum atomic E-state index is 0.368. The van der Waals surface area contributed by atoms with E-state index < -0.39 is 0 Å². The Morgan fingerprint density at radius 2 is 2.00 bits per heavy atom. The van der Waals surface area contributed by atoms with Gasteiger partial charge in [-0.1, -0.05) is 23.4 Å². The Hall–Kier alpha value is -1.65. The van der Waals surface area contributed by atoms with E-state index in [-0.39, 0.29) is 0 Å². The molecule has 1 N–H and O–H groups in total. The highest BCUT2D eigenvalue weighted by molar-refractivity contribution is 5.29. The average molecular weight is 300 g/mol. The monoisotopic (exact) mass is 300 g/mol. The zero-order chi connectivity index (χ0) is 15.5. The number of benzene rings is 1. The molecule has 1 saturated heterocycles. The van der Waals surface area contributed by atoms with E-state index in [9.17, 15) is 0 Å². The maximum atomic E-state index is 5.66. The largest absolute Gasteiger partial charge is 0.379 e. The van der Waals surface area contributed by atoms with Crippen LogP contribution in [0.15, 0.2) is 28.8 Å². The summed E-state index contributed by atoms with van der Waals surface area (Å²) < 4.78 is 11.0. The van der Waals surface area contributed by atoms with Crippen molar-refractivity contribution in [2.45, 2.75) is 39.8 Å². The second-order valence-electron chi connectivity index (χ2n) is 6.34. The smallest absolute Gasteiger partial charge is 0.137 e. The highest BCUT2D eigenvalue weighted by atomic mass is 16.5. The first-order chi connectivity index (χ1) is 10.6. The first-order valence-corrected chi connectivity index (χ1v) is 7.91. The summed E-state index contributed by atoms with van der Waals surface area (Å²) in [5.74, 6) is 1.39. The molecule has 0 spiro atoms. The number of nitrogens with one attached hydrogen (secondary N) is 1. The number of nitrogens with zero attached hydrogens (tertiary/aromatic N) is 1. The lowest BCUT2D eigenvalue weighted by Crippen LogP contribution is -2.36. The van der Waals surface area contributed by atoms with Crippen LogP contribution in [0.4, 0.5) is 0 Å². The Kier molecular flexibility index (Phi) is 4.60. The van der Waals surface area contributed by atoms with E-state index in [4.69, 9.17) is 9.26 Å². The van der Waals surface area contributed by atoms with Crippen LogP contribution in [0.2, 0.25) is 0 Å². The van der Waals surface area contributed by atoms with Gasteiger partial charge in [0.2, 0.25) is 0 Å². The first kappa shape index (κ1) is 15.3. The number of rotatable bonds is 5. The molecule has 1 fully saturated rings. The van der Waals surface area contributed by atoms with E-state index >= 15 is 0 Å². The number of aryl methyl sites for hydroxylation is 3. The normalized spacial score (nSPS) is 21.4. The third-order valence-corrected chi connectivity index (χ3v) is 4.48. The van der Waals surface area contributed by atoms with Crippen molar-refractivity contribution in [1.82, 2.24) is 10.5 Å². The summed E-state index contributed by atoms with van der Waals surface area (Å²) >= 11 is 0. The summed E-state index contributed by atoms with van der Waals surface area (Å²) in [5, 5.41) is 7.59. The van der Waals surface area contributed by atoms with Crippen LogP contribution in [-0.2, 0) is 17.7 Å². The molecule has 1 aliphatic rings. The first-order valence-electron chi connectivity index (χ1n) is 7.91. The van der Waals surface area contributed by atoms with Gasteiger partial charge in [0.15, 0.2) is 0 Å². The molecule has 0 aliphatic carbocycles. The molecular weight excluding hydrogens is 276 g/mol. The molecule has 0 saturated carbocycles. The zero-order valence-electron chi connectivity index (χ0n) is 13.6. The van der Waals surface area contributed by atoms with E-state index in [1.807, 2.05) is 13.0 Å². The van der Waals surface area contributed by atoms with Crippen molar-refractivity contribution in [2.75, 3.05) is 13.2 Å². The van der Waals surface area contributed by atoms with E-state index in [0.29, 0.717) is 12.0 Å². The molecular formula is C18H24N2O2. The molecule has 0 bridgehead atoms. The fraction of sp³-hybridized carbons (Fsp3) is 0.500. The van der Waals surface area contributed by atoms with Crippen LogP contribution in [0.25, 0.3) is 0 Å². The summed E-state index contributed by atoms with van der Waals surface area (Å²) in [6.07, 6.45) is 0.880. The molecule has 118 valence electrons. The van der Waals surface area contributed by atoms with E-state index in [0.717, 1.165) is 37.6 Å². The van der Waals surface area contributed by atoms with Gasteiger partial charge in [-0.05, 0) is 37.5 Å². The van der Waals surface area contributed by atoms with Gasteiger partial charge in [0, 0.05) is 31.0 Å². The zero-order valence-corrected chi connectivity index (χ0v) is 13.6. The molecule has 0 unspecified atom stereocenters. The van der Waals surface area contributed by atoms with Gasteiger partial charge < -0.3 is 14.6 Å². The Labute approximate surface area is 131 Å². The molecule has 2 atom stereocenters. The second kappa shape index (κ2) is 6.63. The SMILES string of the molecule is Cc1cc(C[C@@H]2COC[C@H]2NCc2ccc(C)c(C)c2)on1. The second-order valence-corrected chi connectivity index (χ2v) is 6.34. The van der Waals surface area contributed by atoms with Gasteiger partial charge in [-0.15, -0.1) is 0 Å². The van der Waals surface area contributed by atoms with Crippen LogP contribution in [0.3, 0.4) is 0 Å². The standard InChI is InChI=1S/C18H24N2O2/c1-12-4-5-15(6-13(12)2)9-19-18-11-21-10-16(18)8-17-7-14(3)20-22-17/h4-7,16,18-19H,8-11H2,1-3H3/t16-,18-/m1/s1. The number of aromatic nitrogens is 1. The topological polar surface area (TPSA) is 47.3 Å². The predicted molar refractivity (Wildman–Crippen MR) is 85.8 cm³/mol. The van der Waals surface area contributed by atoms with E-state index in [1.165, 1.54) is 16.7 Å². The maximum absolute atomic E-state index is 5.66. The third-order valence-electron chi connectivity index (χ3n) is 4.48. The molecule has 22 heavy (non-hydrogen) atoms. The summed E-state index contributed by atoms with van der Waals surface area (Å²) in [6, 6.07) is 9.02. The van der Waals surface area contributed by atoms with E-state index in [1.54, 1.807) is 0 Å². The summed E-state index contributed by atoms with van der Waals surface area (Å²) in [6.45, 7) is 8.68. The van der Waals surface area contributed by atoms with E-state index in [2.05, 4.69) is 42.5 Å². The molecule has 0 radical (unpaired) electrons. The van der Waals surface area contributed by atoms with Crippen LogP contribution < -0.4 is 5.32 Å². The minimum absolute atomic E-state index is 0.368. The summed E-state index contributed by atoms with van der Waals surface area (Å²) in [7, 11) is 0. The highest BCUT2D eigenvalue weighted by Gasteiger charge is 2.29. The molecule has 0 amide bonds. The van der Waals surface area contributed by atoms with Crippen LogP contribution in [-0.4, -0.2) is 24.4 Å². The van der Waals surface area contributed by atoms with Crippen LogP contribution >= 0.6 is 0 Å². The van der Waals surface area contributed by atoms with Crippen molar-refractivity contribution >= 4 is 0 Å². The van der Waals surface area contributed by atoms with Gasteiger partial charge in [0.05, 0.1) is 18.9 Å². The lowest BCUT2D eigenvalue weighted by atomic mass is 9.97. The van der Waals surface area contributed by atoms with Gasteiger partial charge in [-0.25, -0.2) is 0 Å². The highest BCUT2D eigenvalue weighted by Crippen LogP contribution is 2.20. The Bertz CT molecular complexity index is 636. The van der Waals surface area contributed by atoms with Crippen molar-refractivity contribution in [1.29, 1.82) is 0 Å². The molecule has 3 rings (SSSR count). The van der Waals surface area contributed by atoms with Crippen molar-refractivity contribution < 1.29 is 9.26 Å². The number of ether oxygens (including phenoxy) is 1. The molecule has 2 heterocycles. The fourth-order valence-corrected chi connectivity index (χ4v) is 2.96. The van der Waals surface area contributed by atoms with Crippen molar-refractivity contribution in [3.63, 3.8) is 0 Å². The minimum Gasteiger partial charge on any atom is -0.379 e. The van der Waals surface area contributed by atoms with Gasteiger partial charge in [0.1, 0.15) is 5.76 Å². The van der Waals surface area contributed by atoms with Gasteiger partial charge >= 0.3 is 0 Å². The lowest BCUT2D eigenvalue weighted by Gasteiger charge is -2.18. The van der Waals surface area contributed by atoms with Crippen LogP contribution in [0.1, 0.15) is 28.1 Å². The molecule has 2 aromatic rings. The fourth-order valence-electron chi connectivity index (χ4n) is 2.96.